The number of amides is 1. The van der Waals surface area contributed by atoms with Crippen molar-refractivity contribution in [1.82, 2.24) is 10.2 Å². The third-order valence-corrected chi connectivity index (χ3v) is 6.23. The van der Waals surface area contributed by atoms with Crippen molar-refractivity contribution in [2.75, 3.05) is 38.1 Å². The van der Waals surface area contributed by atoms with E-state index >= 15 is 0 Å². The standard InChI is InChI=1S/C22H28BrN3O/c1-15-6-8-19(26-11-9-25(4)10-12-26)14-20(15)22(27)24-17(3)18-7-5-16(2)21(23)13-18/h5-8,13-14,17H,9-12H2,1-4H3,(H,24,27)/t17-/m1/s1. The lowest BCUT2D eigenvalue weighted by molar-refractivity contribution is 0.0939. The molecule has 0 radical (unpaired) electrons. The Morgan fingerprint density at radius 1 is 1.04 bits per heavy atom. The maximum atomic E-state index is 12.9. The van der Waals surface area contributed by atoms with Gasteiger partial charge in [-0.05, 0) is 62.7 Å². The molecule has 1 fully saturated rings. The fraction of sp³-hybridized carbons (Fsp3) is 0.409. The van der Waals surface area contributed by atoms with Crippen LogP contribution in [0.4, 0.5) is 5.69 Å². The van der Waals surface area contributed by atoms with Crippen LogP contribution in [0, 0.1) is 13.8 Å². The van der Waals surface area contributed by atoms with E-state index in [9.17, 15) is 4.79 Å². The summed E-state index contributed by atoms with van der Waals surface area (Å²) in [5.41, 5.74) is 5.17. The molecule has 4 nitrogen and oxygen atoms in total. The summed E-state index contributed by atoms with van der Waals surface area (Å²) in [5, 5.41) is 3.15. The molecule has 1 N–H and O–H groups in total. The number of carbonyl (C=O) groups is 1. The monoisotopic (exact) mass is 429 g/mol. The number of hydrogen-bond acceptors (Lipinski definition) is 3. The number of halogens is 1. The van der Waals surface area contributed by atoms with Gasteiger partial charge in [-0.25, -0.2) is 0 Å². The number of rotatable bonds is 4. The summed E-state index contributed by atoms with van der Waals surface area (Å²) >= 11 is 3.57. The molecule has 1 aliphatic heterocycles. The zero-order valence-corrected chi connectivity index (χ0v) is 18.1. The van der Waals surface area contributed by atoms with Crippen LogP contribution in [0.1, 0.15) is 40.0 Å². The SMILES string of the molecule is Cc1ccc([C@@H](C)NC(=O)c2cc(N3CCN(C)CC3)ccc2C)cc1Br. The van der Waals surface area contributed by atoms with Gasteiger partial charge in [0.05, 0.1) is 6.04 Å². The van der Waals surface area contributed by atoms with Crippen LogP contribution >= 0.6 is 15.9 Å². The van der Waals surface area contributed by atoms with Gasteiger partial charge in [-0.3, -0.25) is 4.79 Å². The van der Waals surface area contributed by atoms with Gasteiger partial charge in [0.15, 0.2) is 0 Å². The van der Waals surface area contributed by atoms with Crippen molar-refractivity contribution in [3.63, 3.8) is 0 Å². The summed E-state index contributed by atoms with van der Waals surface area (Å²) in [6.07, 6.45) is 0. The minimum atomic E-state index is -0.0545. The van der Waals surface area contributed by atoms with Crippen LogP contribution < -0.4 is 10.2 Å². The van der Waals surface area contributed by atoms with Gasteiger partial charge in [0.2, 0.25) is 0 Å². The topological polar surface area (TPSA) is 35.6 Å². The number of carbonyl (C=O) groups excluding carboxylic acids is 1. The van der Waals surface area contributed by atoms with Crippen molar-refractivity contribution in [2.45, 2.75) is 26.8 Å². The number of nitrogens with zero attached hydrogens (tertiary/aromatic N) is 2. The van der Waals surface area contributed by atoms with Crippen LogP contribution in [0.5, 0.6) is 0 Å². The number of nitrogens with one attached hydrogen (secondary N) is 1. The van der Waals surface area contributed by atoms with Gasteiger partial charge in [-0.2, -0.15) is 0 Å². The molecular weight excluding hydrogens is 402 g/mol. The van der Waals surface area contributed by atoms with Crippen LogP contribution in [0.25, 0.3) is 0 Å². The first-order chi connectivity index (χ1) is 12.8. The molecule has 2 aromatic rings. The Morgan fingerprint density at radius 2 is 1.70 bits per heavy atom. The van der Waals surface area contributed by atoms with E-state index in [1.807, 2.05) is 19.9 Å². The quantitative estimate of drug-likeness (QED) is 0.786. The summed E-state index contributed by atoms with van der Waals surface area (Å²) in [4.78, 5) is 17.6. The van der Waals surface area contributed by atoms with E-state index in [4.69, 9.17) is 0 Å². The molecule has 0 unspecified atom stereocenters. The first-order valence-corrected chi connectivity index (χ1v) is 10.3. The van der Waals surface area contributed by atoms with E-state index in [1.54, 1.807) is 0 Å². The predicted molar refractivity (Wildman–Crippen MR) is 116 cm³/mol. The normalized spacial score (nSPS) is 16.3. The van der Waals surface area contributed by atoms with E-state index in [0.29, 0.717) is 0 Å². The zero-order chi connectivity index (χ0) is 19.6. The van der Waals surface area contributed by atoms with Gasteiger partial charge in [0.25, 0.3) is 5.91 Å². The third kappa shape index (κ3) is 4.71. The molecule has 1 atom stereocenters. The Bertz CT molecular complexity index is 828. The second kappa shape index (κ2) is 8.44. The summed E-state index contributed by atoms with van der Waals surface area (Å²) < 4.78 is 1.06. The number of likely N-dealkylation sites (N-methyl/N-ethyl adjacent to an activating group) is 1. The molecule has 27 heavy (non-hydrogen) atoms. The molecule has 1 heterocycles. The summed E-state index contributed by atoms with van der Waals surface area (Å²) in [6.45, 7) is 10.2. The minimum absolute atomic E-state index is 0.0207. The molecule has 1 aliphatic rings. The van der Waals surface area contributed by atoms with Crippen LogP contribution in [-0.2, 0) is 0 Å². The molecule has 1 amide bonds. The van der Waals surface area contributed by atoms with E-state index in [-0.39, 0.29) is 11.9 Å². The molecule has 144 valence electrons. The smallest absolute Gasteiger partial charge is 0.252 e. The first kappa shape index (κ1) is 19.9. The van der Waals surface area contributed by atoms with E-state index in [2.05, 4.69) is 75.3 Å². The molecule has 5 heteroatoms. The maximum absolute atomic E-state index is 12.9. The highest BCUT2D eigenvalue weighted by Gasteiger charge is 2.18. The maximum Gasteiger partial charge on any atom is 0.252 e. The Labute approximate surface area is 170 Å². The molecule has 0 bridgehead atoms. The minimum Gasteiger partial charge on any atom is -0.369 e. The van der Waals surface area contributed by atoms with Crippen molar-refractivity contribution in [3.05, 3.63) is 63.1 Å². The fourth-order valence-corrected chi connectivity index (χ4v) is 3.75. The van der Waals surface area contributed by atoms with Crippen LogP contribution in [-0.4, -0.2) is 44.0 Å². The lowest BCUT2D eigenvalue weighted by Gasteiger charge is -2.34. The van der Waals surface area contributed by atoms with E-state index in [0.717, 1.165) is 53.0 Å². The van der Waals surface area contributed by atoms with Gasteiger partial charge >= 0.3 is 0 Å². The average molecular weight is 430 g/mol. The van der Waals surface area contributed by atoms with Crippen LogP contribution in [0.15, 0.2) is 40.9 Å². The van der Waals surface area contributed by atoms with Gasteiger partial charge in [0, 0.05) is 41.9 Å². The van der Waals surface area contributed by atoms with Crippen molar-refractivity contribution < 1.29 is 4.79 Å². The van der Waals surface area contributed by atoms with E-state index in [1.165, 1.54) is 5.56 Å². The highest BCUT2D eigenvalue weighted by atomic mass is 79.9. The molecule has 0 aliphatic carbocycles. The fourth-order valence-electron chi connectivity index (χ4n) is 3.35. The number of anilines is 1. The zero-order valence-electron chi connectivity index (χ0n) is 16.6. The van der Waals surface area contributed by atoms with Crippen LogP contribution in [0.3, 0.4) is 0 Å². The van der Waals surface area contributed by atoms with Gasteiger partial charge < -0.3 is 15.1 Å². The Morgan fingerprint density at radius 3 is 2.37 bits per heavy atom. The number of benzene rings is 2. The van der Waals surface area contributed by atoms with Crippen molar-refractivity contribution >= 4 is 27.5 Å². The molecule has 0 spiro atoms. The lowest BCUT2D eigenvalue weighted by Crippen LogP contribution is -2.44. The summed E-state index contributed by atoms with van der Waals surface area (Å²) in [5.74, 6) is -0.0207. The summed E-state index contributed by atoms with van der Waals surface area (Å²) in [7, 11) is 2.15. The lowest BCUT2D eigenvalue weighted by atomic mass is 10.0. The van der Waals surface area contributed by atoms with E-state index < -0.39 is 0 Å². The number of aryl methyl sites for hydroxylation is 2. The number of piperazine rings is 1. The second-order valence-corrected chi connectivity index (χ2v) is 8.35. The van der Waals surface area contributed by atoms with Crippen molar-refractivity contribution in [2.24, 2.45) is 0 Å². The van der Waals surface area contributed by atoms with Gasteiger partial charge in [-0.1, -0.05) is 34.1 Å². The van der Waals surface area contributed by atoms with Crippen molar-refractivity contribution in [3.8, 4) is 0 Å². The highest BCUT2D eigenvalue weighted by molar-refractivity contribution is 9.10. The molecule has 0 aromatic heterocycles. The summed E-state index contributed by atoms with van der Waals surface area (Å²) in [6, 6.07) is 12.4. The highest BCUT2D eigenvalue weighted by Crippen LogP contribution is 2.24. The molecule has 0 saturated carbocycles. The number of hydrogen-bond donors (Lipinski definition) is 1. The van der Waals surface area contributed by atoms with Gasteiger partial charge in [0.1, 0.15) is 0 Å². The average Bonchev–Trinajstić information content (AvgIpc) is 2.65. The van der Waals surface area contributed by atoms with Crippen LogP contribution in [0.2, 0.25) is 0 Å². The molecule has 1 saturated heterocycles. The molecule has 3 rings (SSSR count). The first-order valence-electron chi connectivity index (χ1n) is 9.46. The second-order valence-electron chi connectivity index (χ2n) is 7.49. The largest absolute Gasteiger partial charge is 0.369 e. The molecular formula is C22H28BrN3O. The van der Waals surface area contributed by atoms with Gasteiger partial charge in [-0.15, -0.1) is 0 Å². The Balaban J connectivity index is 1.75. The molecule has 2 aromatic carbocycles. The third-order valence-electron chi connectivity index (χ3n) is 5.38. The Kier molecular flexibility index (Phi) is 6.22. The van der Waals surface area contributed by atoms with Crippen molar-refractivity contribution in [1.29, 1.82) is 0 Å². The Hall–Kier alpha value is -1.85. The predicted octanol–water partition coefficient (Wildman–Crippen LogP) is 4.31.